The summed E-state index contributed by atoms with van der Waals surface area (Å²) in [5.41, 5.74) is 6.43. The van der Waals surface area contributed by atoms with Gasteiger partial charge in [0.1, 0.15) is 19.0 Å². The number of likely N-dealkylation sites (N-methyl/N-ethyl adjacent to an activating group) is 1. The van der Waals surface area contributed by atoms with Gasteiger partial charge in [0.25, 0.3) is 5.91 Å². The number of carbonyl (C=O) groups is 1. The number of guanidine groups is 1. The van der Waals surface area contributed by atoms with Gasteiger partial charge in [-0.3, -0.25) is 9.69 Å². The SMILES string of the molecule is CN1C(=O)C(c2cccc(Br)c2)N=C1N.FCCOc1ccccc1. The number of hydrogen-bond acceptors (Lipinski definition) is 4. The van der Waals surface area contributed by atoms with Gasteiger partial charge >= 0.3 is 0 Å². The Morgan fingerprint density at radius 2 is 1.96 bits per heavy atom. The van der Waals surface area contributed by atoms with Crippen molar-refractivity contribution in [1.82, 2.24) is 4.90 Å². The summed E-state index contributed by atoms with van der Waals surface area (Å²) in [6, 6.07) is 16.2. The second-order valence-electron chi connectivity index (χ2n) is 5.19. The molecule has 0 aromatic heterocycles. The summed E-state index contributed by atoms with van der Waals surface area (Å²) in [4.78, 5) is 17.2. The van der Waals surface area contributed by atoms with Crippen LogP contribution in [0.3, 0.4) is 0 Å². The van der Waals surface area contributed by atoms with E-state index in [0.717, 1.165) is 15.8 Å². The zero-order valence-corrected chi connectivity index (χ0v) is 15.3. The predicted molar refractivity (Wildman–Crippen MR) is 99.2 cm³/mol. The Kier molecular flexibility index (Phi) is 6.94. The van der Waals surface area contributed by atoms with Gasteiger partial charge in [-0.15, -0.1) is 0 Å². The Balaban J connectivity index is 0.000000196. The van der Waals surface area contributed by atoms with Gasteiger partial charge in [-0.1, -0.05) is 46.3 Å². The zero-order chi connectivity index (χ0) is 18.2. The third-order valence-corrected chi connectivity index (χ3v) is 3.92. The van der Waals surface area contributed by atoms with E-state index in [1.165, 1.54) is 4.90 Å². The number of nitrogens with zero attached hydrogens (tertiary/aromatic N) is 2. The molecule has 1 amide bonds. The minimum absolute atomic E-state index is 0.0920. The number of para-hydroxylation sites is 1. The van der Waals surface area contributed by atoms with Crippen molar-refractivity contribution < 1.29 is 13.9 Å². The topological polar surface area (TPSA) is 67.9 Å². The summed E-state index contributed by atoms with van der Waals surface area (Å²) >= 11 is 3.35. The second kappa shape index (κ2) is 9.17. The molecule has 1 unspecified atom stereocenters. The van der Waals surface area contributed by atoms with Crippen LogP contribution in [0.15, 0.2) is 64.1 Å². The van der Waals surface area contributed by atoms with Crippen molar-refractivity contribution in [2.24, 2.45) is 10.7 Å². The van der Waals surface area contributed by atoms with Crippen LogP contribution in [0.25, 0.3) is 0 Å². The number of hydrogen-bond donors (Lipinski definition) is 1. The fourth-order valence-electron chi connectivity index (χ4n) is 2.14. The Morgan fingerprint density at radius 1 is 1.24 bits per heavy atom. The molecule has 0 radical (unpaired) electrons. The molecule has 2 N–H and O–H groups in total. The lowest BCUT2D eigenvalue weighted by atomic mass is 10.1. The van der Waals surface area contributed by atoms with Crippen LogP contribution >= 0.6 is 15.9 Å². The number of benzene rings is 2. The Morgan fingerprint density at radius 3 is 2.52 bits per heavy atom. The van der Waals surface area contributed by atoms with Crippen LogP contribution < -0.4 is 10.5 Å². The molecule has 2 aromatic carbocycles. The van der Waals surface area contributed by atoms with Crippen LogP contribution in [0, 0.1) is 0 Å². The molecule has 1 heterocycles. The van der Waals surface area contributed by atoms with Crippen LogP contribution in [0.4, 0.5) is 4.39 Å². The Labute approximate surface area is 154 Å². The molecule has 0 saturated heterocycles. The van der Waals surface area contributed by atoms with Crippen LogP contribution in [-0.4, -0.2) is 37.1 Å². The summed E-state index contributed by atoms with van der Waals surface area (Å²) in [5.74, 6) is 0.899. The van der Waals surface area contributed by atoms with E-state index < -0.39 is 12.7 Å². The first-order valence-corrected chi connectivity index (χ1v) is 8.42. The molecule has 3 rings (SSSR count). The highest BCUT2D eigenvalue weighted by molar-refractivity contribution is 9.10. The molecule has 25 heavy (non-hydrogen) atoms. The largest absolute Gasteiger partial charge is 0.491 e. The van der Waals surface area contributed by atoms with E-state index in [9.17, 15) is 9.18 Å². The number of ether oxygens (including phenoxy) is 1. The quantitative estimate of drug-likeness (QED) is 0.844. The highest BCUT2D eigenvalue weighted by Crippen LogP contribution is 2.26. The first kappa shape index (κ1) is 18.9. The Hall–Kier alpha value is -2.41. The molecule has 5 nitrogen and oxygen atoms in total. The third-order valence-electron chi connectivity index (χ3n) is 3.42. The zero-order valence-electron chi connectivity index (χ0n) is 13.7. The Bertz CT molecular complexity index is 740. The normalized spacial score (nSPS) is 16.1. The van der Waals surface area contributed by atoms with Gasteiger partial charge in [-0.2, -0.15) is 0 Å². The predicted octanol–water partition coefficient (Wildman–Crippen LogP) is 3.31. The molecule has 0 fully saturated rings. The second-order valence-corrected chi connectivity index (χ2v) is 6.11. The highest BCUT2D eigenvalue weighted by Gasteiger charge is 2.31. The molecule has 0 saturated carbocycles. The standard InChI is InChI=1S/C10H10BrN3O.C8H9FO/c1-14-9(15)8(13-10(14)12)6-3-2-4-7(11)5-6;9-6-7-10-8-4-2-1-3-5-8/h2-5,8H,1H3,(H2,12,13);1-5H,6-7H2. The molecular formula is C18H19BrFN3O2. The van der Waals surface area contributed by atoms with Gasteiger partial charge in [0.2, 0.25) is 0 Å². The lowest BCUT2D eigenvalue weighted by Crippen LogP contribution is -2.34. The fourth-order valence-corrected chi connectivity index (χ4v) is 2.55. The van der Waals surface area contributed by atoms with E-state index >= 15 is 0 Å². The van der Waals surface area contributed by atoms with Crippen molar-refractivity contribution in [3.63, 3.8) is 0 Å². The van der Waals surface area contributed by atoms with Crippen molar-refractivity contribution >= 4 is 27.8 Å². The molecule has 2 aromatic rings. The van der Waals surface area contributed by atoms with Crippen LogP contribution in [0.1, 0.15) is 11.6 Å². The average molecular weight is 408 g/mol. The number of rotatable bonds is 4. The summed E-state index contributed by atoms with van der Waals surface area (Å²) in [6.07, 6.45) is 0. The smallest absolute Gasteiger partial charge is 0.258 e. The number of halogens is 2. The van der Waals surface area contributed by atoms with Gasteiger partial charge < -0.3 is 10.5 Å². The third kappa shape index (κ3) is 5.29. The van der Waals surface area contributed by atoms with Crippen LogP contribution in [0.2, 0.25) is 0 Å². The molecule has 0 spiro atoms. The van der Waals surface area contributed by atoms with E-state index in [-0.39, 0.29) is 18.5 Å². The van der Waals surface area contributed by atoms with Gasteiger partial charge in [0.05, 0.1) is 0 Å². The molecule has 0 bridgehead atoms. The molecule has 7 heteroatoms. The number of amides is 1. The summed E-state index contributed by atoms with van der Waals surface area (Å²) < 4.78 is 17.5. The van der Waals surface area contributed by atoms with Crippen molar-refractivity contribution in [3.05, 3.63) is 64.6 Å². The average Bonchev–Trinajstić information content (AvgIpc) is 2.89. The van der Waals surface area contributed by atoms with Gasteiger partial charge in [0.15, 0.2) is 12.0 Å². The lowest BCUT2D eigenvalue weighted by Gasteiger charge is -2.09. The van der Waals surface area contributed by atoms with E-state index in [4.69, 9.17) is 10.5 Å². The molecule has 1 atom stereocenters. The summed E-state index contributed by atoms with van der Waals surface area (Å²) in [7, 11) is 1.62. The van der Waals surface area contributed by atoms with Gasteiger partial charge in [-0.05, 0) is 29.8 Å². The maximum Gasteiger partial charge on any atom is 0.258 e. The van der Waals surface area contributed by atoms with Crippen LogP contribution in [-0.2, 0) is 4.79 Å². The lowest BCUT2D eigenvalue weighted by molar-refractivity contribution is -0.126. The van der Waals surface area contributed by atoms with E-state index in [0.29, 0.717) is 0 Å². The van der Waals surface area contributed by atoms with E-state index in [2.05, 4.69) is 20.9 Å². The molecule has 1 aliphatic rings. The van der Waals surface area contributed by atoms with Gasteiger partial charge in [0, 0.05) is 11.5 Å². The molecule has 0 aliphatic carbocycles. The number of nitrogens with two attached hydrogens (primary N) is 1. The number of carbonyl (C=O) groups excluding carboxylic acids is 1. The van der Waals surface area contributed by atoms with E-state index in [1.54, 1.807) is 19.2 Å². The minimum Gasteiger partial charge on any atom is -0.491 e. The molecule has 132 valence electrons. The van der Waals surface area contributed by atoms with Crippen molar-refractivity contribution in [3.8, 4) is 5.75 Å². The first-order chi connectivity index (χ1) is 12.0. The van der Waals surface area contributed by atoms with Crippen molar-refractivity contribution in [2.45, 2.75) is 6.04 Å². The highest BCUT2D eigenvalue weighted by atomic mass is 79.9. The van der Waals surface area contributed by atoms with Crippen LogP contribution in [0.5, 0.6) is 5.75 Å². The monoisotopic (exact) mass is 407 g/mol. The fraction of sp³-hybridized carbons (Fsp3) is 0.222. The number of alkyl halides is 1. The molecular weight excluding hydrogens is 389 g/mol. The van der Waals surface area contributed by atoms with Crippen molar-refractivity contribution in [1.29, 1.82) is 0 Å². The summed E-state index contributed by atoms with van der Waals surface area (Å²) in [5, 5.41) is 0. The minimum atomic E-state index is -0.493. The van der Waals surface area contributed by atoms with E-state index in [1.807, 2.05) is 42.5 Å². The maximum atomic E-state index is 11.7. The summed E-state index contributed by atoms with van der Waals surface area (Å²) in [6.45, 7) is -0.293. The number of aliphatic imine (C=N–C) groups is 1. The van der Waals surface area contributed by atoms with Gasteiger partial charge in [-0.25, -0.2) is 9.38 Å². The van der Waals surface area contributed by atoms with Crippen molar-refractivity contribution in [2.75, 3.05) is 20.3 Å². The first-order valence-electron chi connectivity index (χ1n) is 7.63. The maximum absolute atomic E-state index is 11.7. The molecule has 1 aliphatic heterocycles.